The third-order valence-corrected chi connectivity index (χ3v) is 7.27. The Balaban J connectivity index is 1.96. The first-order chi connectivity index (χ1) is 9.95. The molecule has 5 nitrogen and oxygen atoms in total. The second kappa shape index (κ2) is 7.52. The van der Waals surface area contributed by atoms with Crippen molar-refractivity contribution in [3.8, 4) is 0 Å². The minimum absolute atomic E-state index is 0.151. The van der Waals surface area contributed by atoms with Crippen LogP contribution in [0.5, 0.6) is 0 Å². The second-order valence-corrected chi connectivity index (χ2v) is 9.63. The summed E-state index contributed by atoms with van der Waals surface area (Å²) in [7, 11) is -3.38. The zero-order valence-electron chi connectivity index (χ0n) is 12.0. The van der Waals surface area contributed by atoms with Gasteiger partial charge in [-0.2, -0.15) is 4.31 Å². The van der Waals surface area contributed by atoms with Gasteiger partial charge in [0.15, 0.2) is 0 Å². The first-order valence-corrected chi connectivity index (χ1v) is 10.1. The highest BCUT2D eigenvalue weighted by molar-refractivity contribution is 9.11. The smallest absolute Gasteiger partial charge is 0.244 e. The van der Waals surface area contributed by atoms with E-state index in [-0.39, 0.29) is 6.10 Å². The normalized spacial score (nSPS) is 18.2. The molecule has 0 aliphatic carbocycles. The molecular formula is C13H21BrN2O3S2. The van der Waals surface area contributed by atoms with Crippen molar-refractivity contribution >= 4 is 37.3 Å². The molecule has 0 bridgehead atoms. The predicted molar refractivity (Wildman–Crippen MR) is 88.2 cm³/mol. The van der Waals surface area contributed by atoms with Crippen molar-refractivity contribution in [2.24, 2.45) is 5.73 Å². The number of nitrogens with zero attached hydrogens (tertiary/aromatic N) is 1. The van der Waals surface area contributed by atoms with Gasteiger partial charge in [-0.1, -0.05) is 0 Å². The summed E-state index contributed by atoms with van der Waals surface area (Å²) in [6.07, 6.45) is 2.49. The summed E-state index contributed by atoms with van der Waals surface area (Å²) < 4.78 is 33.4. The molecule has 0 amide bonds. The average Bonchev–Trinajstić information content (AvgIpc) is 2.79. The number of rotatable bonds is 6. The number of halogens is 1. The highest BCUT2D eigenvalue weighted by Gasteiger charge is 2.31. The van der Waals surface area contributed by atoms with Gasteiger partial charge in [0.25, 0.3) is 0 Å². The predicted octanol–water partition coefficient (Wildman–Crippen LogP) is 2.34. The summed E-state index contributed by atoms with van der Waals surface area (Å²) in [6.45, 7) is 4.15. The molecule has 1 aromatic heterocycles. The van der Waals surface area contributed by atoms with Crippen LogP contribution in [-0.2, 0) is 14.8 Å². The van der Waals surface area contributed by atoms with Crippen molar-refractivity contribution in [3.63, 3.8) is 0 Å². The summed E-state index contributed by atoms with van der Waals surface area (Å²) >= 11 is 4.80. The number of aryl methyl sites for hydroxylation is 1. The largest absolute Gasteiger partial charge is 0.378 e. The number of hydrogen-bond donors (Lipinski definition) is 1. The van der Waals surface area contributed by atoms with E-state index in [0.29, 0.717) is 31.1 Å². The van der Waals surface area contributed by atoms with Crippen LogP contribution in [0.25, 0.3) is 0 Å². The Kier molecular flexibility index (Phi) is 6.22. The molecule has 0 spiro atoms. The molecule has 0 unspecified atom stereocenters. The van der Waals surface area contributed by atoms with Gasteiger partial charge in [-0.25, -0.2) is 8.42 Å². The van der Waals surface area contributed by atoms with E-state index >= 15 is 0 Å². The second-order valence-electron chi connectivity index (χ2n) is 5.09. The topological polar surface area (TPSA) is 72.6 Å². The molecule has 0 aromatic carbocycles. The van der Waals surface area contributed by atoms with Crippen LogP contribution in [0, 0.1) is 6.92 Å². The molecule has 1 aliphatic rings. The van der Waals surface area contributed by atoms with Gasteiger partial charge in [0.2, 0.25) is 10.0 Å². The first kappa shape index (κ1) is 17.4. The molecule has 2 N–H and O–H groups in total. The van der Waals surface area contributed by atoms with E-state index in [4.69, 9.17) is 10.5 Å². The SMILES string of the molecule is Cc1sc(Br)cc1S(=O)(=O)N1CCC(OCCCN)CC1. The molecule has 1 saturated heterocycles. The van der Waals surface area contributed by atoms with Crippen LogP contribution in [-0.4, -0.2) is 45.1 Å². The summed E-state index contributed by atoms with van der Waals surface area (Å²) in [5.41, 5.74) is 5.43. The Morgan fingerprint density at radius 3 is 2.67 bits per heavy atom. The van der Waals surface area contributed by atoms with Crippen LogP contribution in [0.4, 0.5) is 0 Å². The van der Waals surface area contributed by atoms with Crippen LogP contribution in [0.2, 0.25) is 0 Å². The molecule has 1 fully saturated rings. The number of nitrogens with two attached hydrogens (primary N) is 1. The standard InChI is InChI=1S/C13H21BrN2O3S2/c1-10-12(9-13(14)20-10)21(17,18)16-6-3-11(4-7-16)19-8-2-5-15/h9,11H,2-8,15H2,1H3. The van der Waals surface area contributed by atoms with Gasteiger partial charge >= 0.3 is 0 Å². The number of thiophene rings is 1. The molecule has 8 heteroatoms. The fourth-order valence-corrected chi connectivity index (χ4v) is 6.25. The molecule has 0 atom stereocenters. The highest BCUT2D eigenvalue weighted by Crippen LogP contribution is 2.32. The van der Waals surface area contributed by atoms with Crippen LogP contribution >= 0.6 is 27.3 Å². The van der Waals surface area contributed by atoms with Gasteiger partial charge in [0, 0.05) is 24.6 Å². The Bertz CT molecular complexity index is 566. The highest BCUT2D eigenvalue weighted by atomic mass is 79.9. The summed E-state index contributed by atoms with van der Waals surface area (Å²) in [6, 6.07) is 1.69. The van der Waals surface area contributed by atoms with E-state index in [1.54, 1.807) is 10.4 Å². The number of sulfonamides is 1. The minimum Gasteiger partial charge on any atom is -0.378 e. The van der Waals surface area contributed by atoms with Crippen LogP contribution in [0.3, 0.4) is 0 Å². The Morgan fingerprint density at radius 1 is 1.48 bits per heavy atom. The van der Waals surface area contributed by atoms with E-state index in [9.17, 15) is 8.42 Å². The van der Waals surface area contributed by atoms with Crippen LogP contribution in [0.1, 0.15) is 24.1 Å². The Morgan fingerprint density at radius 2 is 2.14 bits per heavy atom. The van der Waals surface area contributed by atoms with E-state index in [2.05, 4.69) is 15.9 Å². The lowest BCUT2D eigenvalue weighted by molar-refractivity contribution is 0.0209. The van der Waals surface area contributed by atoms with Crippen LogP contribution < -0.4 is 5.73 Å². The quantitative estimate of drug-likeness (QED) is 0.748. The van der Waals surface area contributed by atoms with Gasteiger partial charge in [-0.05, 0) is 54.7 Å². The molecule has 1 aromatic rings. The third kappa shape index (κ3) is 4.27. The molecule has 0 radical (unpaired) electrons. The van der Waals surface area contributed by atoms with Gasteiger partial charge in [-0.15, -0.1) is 11.3 Å². The maximum absolute atomic E-state index is 12.6. The van der Waals surface area contributed by atoms with Gasteiger partial charge < -0.3 is 10.5 Å². The zero-order chi connectivity index (χ0) is 15.5. The van der Waals surface area contributed by atoms with Crippen molar-refractivity contribution in [3.05, 3.63) is 14.7 Å². The molecule has 120 valence electrons. The Labute approximate surface area is 138 Å². The monoisotopic (exact) mass is 396 g/mol. The van der Waals surface area contributed by atoms with Gasteiger partial charge in [-0.3, -0.25) is 0 Å². The maximum atomic E-state index is 12.6. The minimum atomic E-state index is -3.38. The average molecular weight is 397 g/mol. The van der Waals surface area contributed by atoms with Crippen molar-refractivity contribution < 1.29 is 13.2 Å². The molecule has 1 aliphatic heterocycles. The van der Waals surface area contributed by atoms with E-state index in [0.717, 1.165) is 27.9 Å². The van der Waals surface area contributed by atoms with Gasteiger partial charge in [0.1, 0.15) is 0 Å². The lowest BCUT2D eigenvalue weighted by Gasteiger charge is -2.31. The summed E-state index contributed by atoms with van der Waals surface area (Å²) in [5.74, 6) is 0. The molecule has 2 rings (SSSR count). The summed E-state index contributed by atoms with van der Waals surface area (Å²) in [5, 5.41) is 0. The van der Waals surface area contributed by atoms with E-state index < -0.39 is 10.0 Å². The number of hydrogen-bond acceptors (Lipinski definition) is 5. The third-order valence-electron chi connectivity index (χ3n) is 3.56. The van der Waals surface area contributed by atoms with Gasteiger partial charge in [0.05, 0.1) is 14.8 Å². The van der Waals surface area contributed by atoms with E-state index in [1.807, 2.05) is 6.92 Å². The molecule has 2 heterocycles. The molecular weight excluding hydrogens is 376 g/mol. The maximum Gasteiger partial charge on any atom is 0.244 e. The fraction of sp³-hybridized carbons (Fsp3) is 0.692. The Hall–Kier alpha value is 0.01000. The lowest BCUT2D eigenvalue weighted by atomic mass is 10.1. The van der Waals surface area contributed by atoms with Crippen molar-refractivity contribution in [2.75, 3.05) is 26.2 Å². The van der Waals surface area contributed by atoms with Crippen LogP contribution in [0.15, 0.2) is 14.7 Å². The lowest BCUT2D eigenvalue weighted by Crippen LogP contribution is -2.41. The molecule has 21 heavy (non-hydrogen) atoms. The summed E-state index contributed by atoms with van der Waals surface area (Å²) in [4.78, 5) is 1.24. The van der Waals surface area contributed by atoms with Crippen molar-refractivity contribution in [1.29, 1.82) is 0 Å². The van der Waals surface area contributed by atoms with Crippen molar-refractivity contribution in [2.45, 2.75) is 37.2 Å². The first-order valence-electron chi connectivity index (χ1n) is 7.03. The zero-order valence-corrected chi connectivity index (χ0v) is 15.3. The fourth-order valence-electron chi connectivity index (χ4n) is 2.40. The molecule has 0 saturated carbocycles. The van der Waals surface area contributed by atoms with Crippen molar-refractivity contribution in [1.82, 2.24) is 4.31 Å². The number of ether oxygens (including phenoxy) is 1. The van der Waals surface area contributed by atoms with E-state index in [1.165, 1.54) is 11.3 Å². The number of piperidine rings is 1.